The molecule has 0 aliphatic carbocycles. The van der Waals surface area contributed by atoms with E-state index < -0.39 is 17.7 Å². The maximum absolute atomic E-state index is 13.0. The van der Waals surface area contributed by atoms with Crippen LogP contribution in [0, 0.1) is 0 Å². The van der Waals surface area contributed by atoms with E-state index in [1.54, 1.807) is 39.0 Å². The third-order valence-electron chi connectivity index (χ3n) is 6.84. The molecule has 9 nitrogen and oxygen atoms in total. The van der Waals surface area contributed by atoms with Gasteiger partial charge in [-0.2, -0.15) is 0 Å². The van der Waals surface area contributed by atoms with Gasteiger partial charge in [-0.05, 0) is 89.0 Å². The van der Waals surface area contributed by atoms with E-state index in [9.17, 15) is 14.4 Å². The van der Waals surface area contributed by atoms with E-state index in [0.717, 1.165) is 59.6 Å². The highest BCUT2D eigenvalue weighted by molar-refractivity contribution is 8.00. The van der Waals surface area contributed by atoms with Crippen molar-refractivity contribution in [3.05, 3.63) is 41.3 Å². The smallest absolute Gasteiger partial charge is 0.408 e. The number of hydroxylamine groups is 1. The number of thioether (sulfide) groups is 1. The molecular formula is C30H41N3O6S2. The molecule has 2 fully saturated rings. The first-order valence-corrected chi connectivity index (χ1v) is 16.0. The monoisotopic (exact) mass is 603 g/mol. The molecule has 3 atom stereocenters. The summed E-state index contributed by atoms with van der Waals surface area (Å²) in [5.41, 5.74) is 3.59. The third kappa shape index (κ3) is 9.19. The van der Waals surface area contributed by atoms with Crippen molar-refractivity contribution in [1.29, 1.82) is 0 Å². The summed E-state index contributed by atoms with van der Waals surface area (Å²) in [7, 11) is 0. The van der Waals surface area contributed by atoms with Gasteiger partial charge in [-0.15, -0.1) is 23.1 Å². The van der Waals surface area contributed by atoms with E-state index in [2.05, 4.69) is 28.2 Å². The summed E-state index contributed by atoms with van der Waals surface area (Å²) >= 11 is 3.52. The van der Waals surface area contributed by atoms with Crippen molar-refractivity contribution in [1.82, 2.24) is 10.8 Å². The first-order valence-electron chi connectivity index (χ1n) is 14.2. The van der Waals surface area contributed by atoms with Gasteiger partial charge in [0.15, 0.2) is 6.29 Å². The summed E-state index contributed by atoms with van der Waals surface area (Å²) < 4.78 is 10.5. The fourth-order valence-corrected chi connectivity index (χ4v) is 7.68. The van der Waals surface area contributed by atoms with Crippen molar-refractivity contribution in [3.8, 4) is 10.4 Å². The van der Waals surface area contributed by atoms with Gasteiger partial charge >= 0.3 is 6.09 Å². The number of hydrogen-bond donors (Lipinski definition) is 3. The lowest BCUT2D eigenvalue weighted by atomic mass is 9.94. The topological polar surface area (TPSA) is 115 Å². The highest BCUT2D eigenvalue weighted by atomic mass is 32.2. The van der Waals surface area contributed by atoms with Gasteiger partial charge < -0.3 is 20.1 Å². The van der Waals surface area contributed by atoms with Crippen LogP contribution >= 0.6 is 23.1 Å². The molecule has 2 aliphatic heterocycles. The number of amides is 3. The molecule has 2 aromatic rings. The van der Waals surface area contributed by atoms with E-state index in [-0.39, 0.29) is 22.9 Å². The van der Waals surface area contributed by atoms with Crippen LogP contribution in [-0.2, 0) is 28.6 Å². The van der Waals surface area contributed by atoms with E-state index in [0.29, 0.717) is 18.7 Å². The largest absolute Gasteiger partial charge is 0.444 e. The number of benzene rings is 1. The molecule has 2 aliphatic rings. The van der Waals surface area contributed by atoms with E-state index in [1.165, 1.54) is 0 Å². The standard InChI is InChI=1S/C30H41N3O6S2/c1-20(31-28(36)38-29(2,3)4)27(35)32-22-11-9-10-21(18-22)23-13-14-24(41-23)30(15-6-8-17-40-30)19-25(34)33-39-26-12-5-7-16-37-26/h9-11,13-14,18,20,26H,5-8,12,15-17,19H2,1-4H3,(H,31,36)(H,32,35)(H,33,34)/t20-,26?,30-/m0/s1. The van der Waals surface area contributed by atoms with Crippen LogP contribution in [0.5, 0.6) is 0 Å². The number of anilines is 1. The Balaban J connectivity index is 1.41. The summed E-state index contributed by atoms with van der Waals surface area (Å²) in [5, 5.41) is 5.45. The third-order valence-corrected chi connectivity index (χ3v) is 9.92. The summed E-state index contributed by atoms with van der Waals surface area (Å²) in [6, 6.07) is 11.0. The van der Waals surface area contributed by atoms with Crippen LogP contribution in [0.15, 0.2) is 36.4 Å². The second kappa shape index (κ2) is 14.0. The lowest BCUT2D eigenvalue weighted by Gasteiger charge is -2.35. The molecule has 1 aromatic heterocycles. The van der Waals surface area contributed by atoms with Gasteiger partial charge in [0, 0.05) is 34.9 Å². The van der Waals surface area contributed by atoms with Crippen molar-refractivity contribution < 1.29 is 28.7 Å². The average molecular weight is 604 g/mol. The molecule has 3 N–H and O–H groups in total. The molecule has 1 unspecified atom stereocenters. The predicted octanol–water partition coefficient (Wildman–Crippen LogP) is 6.34. The van der Waals surface area contributed by atoms with Gasteiger partial charge in [-0.1, -0.05) is 18.6 Å². The van der Waals surface area contributed by atoms with E-state index >= 15 is 0 Å². The Morgan fingerprint density at radius 3 is 2.66 bits per heavy atom. The number of carbonyl (C=O) groups excluding carboxylic acids is 3. The molecule has 0 spiro atoms. The molecular weight excluding hydrogens is 562 g/mol. The summed E-state index contributed by atoms with van der Waals surface area (Å²) in [6.45, 7) is 7.57. The van der Waals surface area contributed by atoms with E-state index in [4.69, 9.17) is 14.3 Å². The number of carbonyl (C=O) groups is 3. The number of alkyl carbamates (subject to hydrolysis) is 1. The van der Waals surface area contributed by atoms with Crippen molar-refractivity contribution in [3.63, 3.8) is 0 Å². The number of rotatable bonds is 9. The minimum Gasteiger partial charge on any atom is -0.444 e. The van der Waals surface area contributed by atoms with Crippen molar-refractivity contribution in [2.45, 2.75) is 95.3 Å². The Hall–Kier alpha value is -2.60. The van der Waals surface area contributed by atoms with Gasteiger partial charge in [-0.25, -0.2) is 15.1 Å². The van der Waals surface area contributed by atoms with Crippen molar-refractivity contribution >= 4 is 46.7 Å². The Morgan fingerprint density at radius 1 is 1.12 bits per heavy atom. The van der Waals surface area contributed by atoms with E-state index in [1.807, 2.05) is 36.0 Å². The second-order valence-electron chi connectivity index (χ2n) is 11.5. The van der Waals surface area contributed by atoms with Crippen molar-refractivity contribution in [2.24, 2.45) is 0 Å². The first-order chi connectivity index (χ1) is 19.5. The number of ether oxygens (including phenoxy) is 2. The molecule has 224 valence electrons. The zero-order valence-electron chi connectivity index (χ0n) is 24.2. The number of hydrogen-bond acceptors (Lipinski definition) is 8. The molecule has 0 radical (unpaired) electrons. The van der Waals surface area contributed by atoms with Gasteiger partial charge in [-0.3, -0.25) is 9.59 Å². The first kappa shape index (κ1) is 31.3. The Bertz CT molecular complexity index is 1200. The molecule has 0 bridgehead atoms. The Labute approximate surface area is 250 Å². The summed E-state index contributed by atoms with van der Waals surface area (Å²) in [4.78, 5) is 45.5. The van der Waals surface area contributed by atoms with Crippen LogP contribution in [0.4, 0.5) is 10.5 Å². The van der Waals surface area contributed by atoms with Crippen LogP contribution < -0.4 is 16.1 Å². The molecule has 11 heteroatoms. The molecule has 3 amide bonds. The van der Waals surface area contributed by atoms with Crippen LogP contribution in [0.25, 0.3) is 10.4 Å². The minimum atomic E-state index is -0.773. The zero-order chi connectivity index (χ0) is 29.5. The number of thiophene rings is 1. The number of nitrogens with one attached hydrogen (secondary N) is 3. The predicted molar refractivity (Wildman–Crippen MR) is 163 cm³/mol. The van der Waals surface area contributed by atoms with Crippen molar-refractivity contribution in [2.75, 3.05) is 17.7 Å². The second-order valence-corrected chi connectivity index (χ2v) is 14.1. The molecule has 1 aromatic carbocycles. The normalized spacial score (nSPS) is 21.9. The molecule has 4 rings (SSSR count). The highest BCUT2D eigenvalue weighted by Crippen LogP contribution is 2.51. The van der Waals surface area contributed by atoms with Gasteiger partial charge in [0.2, 0.25) is 11.8 Å². The maximum Gasteiger partial charge on any atom is 0.408 e. The molecule has 0 saturated carbocycles. The quantitative estimate of drug-likeness (QED) is 0.286. The van der Waals surface area contributed by atoms with Crippen LogP contribution in [-0.4, -0.2) is 48.2 Å². The lowest BCUT2D eigenvalue weighted by molar-refractivity contribution is -0.200. The molecule has 3 heterocycles. The van der Waals surface area contributed by atoms with Gasteiger partial charge in [0.25, 0.3) is 0 Å². The lowest BCUT2D eigenvalue weighted by Crippen LogP contribution is -2.43. The Morgan fingerprint density at radius 2 is 1.95 bits per heavy atom. The fraction of sp³-hybridized carbons (Fsp3) is 0.567. The molecule has 2 saturated heterocycles. The van der Waals surface area contributed by atoms with Crippen LogP contribution in [0.2, 0.25) is 0 Å². The zero-order valence-corrected chi connectivity index (χ0v) is 25.9. The SMILES string of the molecule is C[C@H](NC(=O)OC(C)(C)C)C(=O)Nc1cccc(-c2ccc([C@@]3(CC(=O)NOC4CCCCO4)CCCCS3)s2)c1. The minimum absolute atomic E-state index is 0.137. The summed E-state index contributed by atoms with van der Waals surface area (Å²) in [5.74, 6) is 0.524. The van der Waals surface area contributed by atoms with Crippen LogP contribution in [0.3, 0.4) is 0 Å². The Kier molecular flexibility index (Phi) is 10.7. The maximum atomic E-state index is 13.0. The highest BCUT2D eigenvalue weighted by Gasteiger charge is 2.38. The van der Waals surface area contributed by atoms with Gasteiger partial charge in [0.05, 0.1) is 4.75 Å². The van der Waals surface area contributed by atoms with Crippen LogP contribution in [0.1, 0.15) is 77.5 Å². The summed E-state index contributed by atoms with van der Waals surface area (Å²) in [6.07, 6.45) is 5.29. The fourth-order valence-electron chi connectivity index (χ4n) is 4.79. The molecule has 41 heavy (non-hydrogen) atoms. The van der Waals surface area contributed by atoms with Gasteiger partial charge in [0.1, 0.15) is 11.6 Å². The average Bonchev–Trinajstić information content (AvgIpc) is 3.43.